The first-order valence-corrected chi connectivity index (χ1v) is 6.22. The van der Waals surface area contributed by atoms with Crippen LogP contribution in [-0.4, -0.2) is 16.2 Å². The van der Waals surface area contributed by atoms with Crippen molar-refractivity contribution in [3.8, 4) is 5.75 Å². The highest BCUT2D eigenvalue weighted by Crippen LogP contribution is 2.26. The summed E-state index contributed by atoms with van der Waals surface area (Å²) in [5.41, 5.74) is 0.510. The van der Waals surface area contributed by atoms with E-state index in [1.807, 2.05) is 0 Å². The predicted molar refractivity (Wildman–Crippen MR) is 69.6 cm³/mol. The topological polar surface area (TPSA) is 89.7 Å². The van der Waals surface area contributed by atoms with Crippen molar-refractivity contribution in [3.63, 3.8) is 0 Å². The van der Waals surface area contributed by atoms with Crippen molar-refractivity contribution in [1.82, 2.24) is 0 Å². The van der Waals surface area contributed by atoms with Crippen LogP contribution in [0.25, 0.3) is 0 Å². The SMILES string of the molecule is CCCCCCc1cc([N+](=O)[O-])ccc1OC(=O)O. The molecule has 0 saturated carbocycles. The van der Waals surface area contributed by atoms with Gasteiger partial charge in [0, 0.05) is 17.7 Å². The van der Waals surface area contributed by atoms with Gasteiger partial charge < -0.3 is 9.84 Å². The Kier molecular flexibility index (Phi) is 5.78. The predicted octanol–water partition coefficient (Wildman–Crippen LogP) is 3.77. The van der Waals surface area contributed by atoms with E-state index in [9.17, 15) is 14.9 Å². The van der Waals surface area contributed by atoms with Gasteiger partial charge in [0.25, 0.3) is 5.69 Å². The molecule has 6 heteroatoms. The quantitative estimate of drug-likeness (QED) is 0.267. The zero-order chi connectivity index (χ0) is 14.3. The van der Waals surface area contributed by atoms with Gasteiger partial charge >= 0.3 is 6.16 Å². The fourth-order valence-electron chi connectivity index (χ4n) is 1.81. The third kappa shape index (κ3) is 4.95. The summed E-state index contributed by atoms with van der Waals surface area (Å²) in [4.78, 5) is 20.8. The van der Waals surface area contributed by atoms with Gasteiger partial charge in [-0.15, -0.1) is 0 Å². The Morgan fingerprint density at radius 3 is 2.68 bits per heavy atom. The largest absolute Gasteiger partial charge is 0.511 e. The van der Waals surface area contributed by atoms with E-state index < -0.39 is 11.1 Å². The molecule has 1 N–H and O–H groups in total. The van der Waals surface area contributed by atoms with Gasteiger partial charge in [-0.2, -0.15) is 0 Å². The normalized spacial score (nSPS) is 10.2. The number of aryl methyl sites for hydroxylation is 1. The molecule has 6 nitrogen and oxygen atoms in total. The van der Waals surface area contributed by atoms with Gasteiger partial charge in [0.1, 0.15) is 5.75 Å². The minimum absolute atomic E-state index is 0.0526. The third-order valence-electron chi connectivity index (χ3n) is 2.75. The van der Waals surface area contributed by atoms with E-state index in [0.717, 1.165) is 25.7 Å². The van der Waals surface area contributed by atoms with Crippen molar-refractivity contribution in [3.05, 3.63) is 33.9 Å². The Morgan fingerprint density at radius 2 is 2.11 bits per heavy atom. The lowest BCUT2D eigenvalue weighted by Crippen LogP contribution is -2.06. The number of ether oxygens (including phenoxy) is 1. The van der Waals surface area contributed by atoms with E-state index in [0.29, 0.717) is 12.0 Å². The lowest BCUT2D eigenvalue weighted by molar-refractivity contribution is -0.384. The lowest BCUT2D eigenvalue weighted by Gasteiger charge is -2.07. The van der Waals surface area contributed by atoms with Crippen molar-refractivity contribution in [2.24, 2.45) is 0 Å². The molecule has 0 radical (unpaired) electrons. The summed E-state index contributed by atoms with van der Waals surface area (Å²) in [5, 5.41) is 19.3. The zero-order valence-corrected chi connectivity index (χ0v) is 10.8. The average Bonchev–Trinajstić information content (AvgIpc) is 2.35. The molecule has 0 spiro atoms. The van der Waals surface area contributed by atoms with Crippen LogP contribution in [0.15, 0.2) is 18.2 Å². The second-order valence-electron chi connectivity index (χ2n) is 4.23. The van der Waals surface area contributed by atoms with Crippen LogP contribution in [0.1, 0.15) is 38.2 Å². The molecule has 0 aliphatic carbocycles. The number of hydrogen-bond acceptors (Lipinski definition) is 4. The summed E-state index contributed by atoms with van der Waals surface area (Å²) in [6, 6.07) is 3.96. The number of nitro benzene ring substituents is 1. The summed E-state index contributed by atoms with van der Waals surface area (Å²) in [7, 11) is 0. The van der Waals surface area contributed by atoms with Crippen LogP contribution in [0.2, 0.25) is 0 Å². The van der Waals surface area contributed by atoms with Crippen LogP contribution in [0.5, 0.6) is 5.75 Å². The summed E-state index contributed by atoms with van der Waals surface area (Å²) in [6.07, 6.45) is 3.20. The third-order valence-corrected chi connectivity index (χ3v) is 2.75. The van der Waals surface area contributed by atoms with E-state index >= 15 is 0 Å². The zero-order valence-electron chi connectivity index (χ0n) is 10.8. The van der Waals surface area contributed by atoms with Crippen molar-refractivity contribution >= 4 is 11.8 Å². The monoisotopic (exact) mass is 267 g/mol. The van der Waals surface area contributed by atoms with Crippen LogP contribution in [0.4, 0.5) is 10.5 Å². The summed E-state index contributed by atoms with van der Waals surface area (Å²) in [5.74, 6) is 0.176. The summed E-state index contributed by atoms with van der Waals surface area (Å²) >= 11 is 0. The molecule has 0 amide bonds. The van der Waals surface area contributed by atoms with Crippen molar-refractivity contribution in [2.75, 3.05) is 0 Å². The molecule has 0 aliphatic rings. The Bertz CT molecular complexity index is 458. The van der Waals surface area contributed by atoms with Crippen molar-refractivity contribution in [2.45, 2.75) is 39.0 Å². The molecule has 0 saturated heterocycles. The molecule has 1 aromatic carbocycles. The van der Waals surface area contributed by atoms with Gasteiger partial charge in [-0.05, 0) is 18.9 Å². The standard InChI is InChI=1S/C13H17NO5/c1-2-3-4-5-6-10-9-11(14(17)18)7-8-12(10)19-13(15)16/h7-9H,2-6H2,1H3,(H,15,16). The molecular weight excluding hydrogens is 250 g/mol. The molecule has 0 unspecified atom stereocenters. The van der Waals surface area contributed by atoms with Gasteiger partial charge in [0.05, 0.1) is 4.92 Å². The molecule has 0 fully saturated rings. The van der Waals surface area contributed by atoms with Crippen LogP contribution >= 0.6 is 0 Å². The maximum absolute atomic E-state index is 10.7. The number of non-ortho nitro benzene ring substituents is 1. The highest BCUT2D eigenvalue weighted by Gasteiger charge is 2.13. The van der Waals surface area contributed by atoms with Gasteiger partial charge in [0.2, 0.25) is 0 Å². The van der Waals surface area contributed by atoms with E-state index in [1.54, 1.807) is 0 Å². The van der Waals surface area contributed by atoms with Crippen LogP contribution in [0, 0.1) is 10.1 Å². The minimum atomic E-state index is -1.41. The molecule has 0 atom stereocenters. The molecule has 104 valence electrons. The Labute approximate surface area is 111 Å². The first-order chi connectivity index (χ1) is 9.04. The number of carbonyl (C=O) groups is 1. The molecule has 1 aromatic rings. The van der Waals surface area contributed by atoms with E-state index in [4.69, 9.17) is 5.11 Å². The summed E-state index contributed by atoms with van der Waals surface area (Å²) < 4.78 is 4.63. The Morgan fingerprint density at radius 1 is 1.37 bits per heavy atom. The van der Waals surface area contributed by atoms with Crippen molar-refractivity contribution in [1.29, 1.82) is 0 Å². The average molecular weight is 267 g/mol. The number of nitro groups is 1. The Hall–Kier alpha value is -2.11. The smallest absolute Gasteiger partial charge is 0.449 e. The first-order valence-electron chi connectivity index (χ1n) is 6.22. The molecular formula is C13H17NO5. The number of hydrogen-bond donors (Lipinski definition) is 1. The van der Waals surface area contributed by atoms with E-state index in [-0.39, 0.29) is 11.4 Å². The Balaban J connectivity index is 2.84. The second-order valence-corrected chi connectivity index (χ2v) is 4.23. The lowest BCUT2D eigenvalue weighted by atomic mass is 10.0. The number of rotatable bonds is 7. The van der Waals surface area contributed by atoms with Gasteiger partial charge in [-0.25, -0.2) is 4.79 Å². The fraction of sp³-hybridized carbons (Fsp3) is 0.462. The van der Waals surface area contributed by atoms with Gasteiger partial charge in [-0.1, -0.05) is 26.2 Å². The van der Waals surface area contributed by atoms with Crippen LogP contribution in [-0.2, 0) is 6.42 Å². The fourth-order valence-corrected chi connectivity index (χ4v) is 1.81. The van der Waals surface area contributed by atoms with Crippen LogP contribution < -0.4 is 4.74 Å². The maximum Gasteiger partial charge on any atom is 0.511 e. The summed E-state index contributed by atoms with van der Waals surface area (Å²) in [6.45, 7) is 2.09. The van der Waals surface area contributed by atoms with Gasteiger partial charge in [-0.3, -0.25) is 10.1 Å². The first kappa shape index (κ1) is 14.9. The maximum atomic E-state index is 10.7. The second kappa shape index (κ2) is 7.35. The molecule has 19 heavy (non-hydrogen) atoms. The number of benzene rings is 1. The highest BCUT2D eigenvalue weighted by molar-refractivity contribution is 5.62. The minimum Gasteiger partial charge on any atom is -0.449 e. The van der Waals surface area contributed by atoms with E-state index in [2.05, 4.69) is 11.7 Å². The molecule has 1 rings (SSSR count). The van der Waals surface area contributed by atoms with Gasteiger partial charge in [0.15, 0.2) is 0 Å². The molecule has 0 heterocycles. The number of carboxylic acid groups (broad SMARTS) is 1. The number of nitrogens with zero attached hydrogens (tertiary/aromatic N) is 1. The number of unbranched alkanes of at least 4 members (excludes halogenated alkanes) is 3. The van der Waals surface area contributed by atoms with Crippen LogP contribution in [0.3, 0.4) is 0 Å². The van der Waals surface area contributed by atoms with Crippen molar-refractivity contribution < 1.29 is 19.6 Å². The highest BCUT2D eigenvalue weighted by atomic mass is 16.7. The molecule has 0 aliphatic heterocycles. The molecule has 0 aromatic heterocycles. The molecule has 0 bridgehead atoms. The van der Waals surface area contributed by atoms with E-state index in [1.165, 1.54) is 18.2 Å².